The Morgan fingerprint density at radius 3 is 2.43 bits per heavy atom. The van der Waals surface area contributed by atoms with Crippen LogP contribution in [0.3, 0.4) is 0 Å². The van der Waals surface area contributed by atoms with E-state index in [1.54, 1.807) is 0 Å². The van der Waals surface area contributed by atoms with Crippen LogP contribution in [0.2, 0.25) is 0 Å². The predicted octanol–water partition coefficient (Wildman–Crippen LogP) is 0.0943. The first-order valence-electron chi connectivity index (χ1n) is 2.02. The Balaban J connectivity index is 2.51. The van der Waals surface area contributed by atoms with E-state index in [-0.39, 0.29) is 5.92 Å². The van der Waals surface area contributed by atoms with Crippen molar-refractivity contribution in [2.45, 2.75) is 6.42 Å². The SMILES string of the molecule is O=C(O)C1C#CC1. The molecule has 0 fully saturated rings. The van der Waals surface area contributed by atoms with Crippen molar-refractivity contribution in [2.24, 2.45) is 5.92 Å². The van der Waals surface area contributed by atoms with Gasteiger partial charge >= 0.3 is 5.97 Å². The van der Waals surface area contributed by atoms with Crippen LogP contribution in [0.25, 0.3) is 0 Å². The zero-order valence-corrected chi connectivity index (χ0v) is 3.64. The summed E-state index contributed by atoms with van der Waals surface area (Å²) in [6.07, 6.45) is 0.537. The topological polar surface area (TPSA) is 37.3 Å². The lowest BCUT2D eigenvalue weighted by molar-refractivity contribution is -0.139. The van der Waals surface area contributed by atoms with Crippen molar-refractivity contribution >= 4 is 5.97 Å². The van der Waals surface area contributed by atoms with Crippen molar-refractivity contribution in [2.75, 3.05) is 0 Å². The van der Waals surface area contributed by atoms with Gasteiger partial charge in [0.05, 0.1) is 0 Å². The Morgan fingerprint density at radius 2 is 2.43 bits per heavy atom. The highest BCUT2D eigenvalue weighted by atomic mass is 16.4. The zero-order chi connectivity index (χ0) is 5.28. The van der Waals surface area contributed by atoms with E-state index in [4.69, 9.17) is 5.11 Å². The molecule has 0 aromatic carbocycles. The normalized spacial score (nSPS) is 24.3. The average Bonchev–Trinajstić information content (AvgIpc) is 1.23. The van der Waals surface area contributed by atoms with Gasteiger partial charge in [0.15, 0.2) is 0 Å². The first kappa shape index (κ1) is 4.20. The van der Waals surface area contributed by atoms with Crippen molar-refractivity contribution in [1.82, 2.24) is 0 Å². The van der Waals surface area contributed by atoms with Crippen molar-refractivity contribution in [3.63, 3.8) is 0 Å². The van der Waals surface area contributed by atoms with Gasteiger partial charge in [0.25, 0.3) is 0 Å². The fourth-order valence-corrected chi connectivity index (χ4v) is 0.353. The summed E-state index contributed by atoms with van der Waals surface area (Å²) in [5, 5.41) is 8.13. The van der Waals surface area contributed by atoms with Crippen LogP contribution in [-0.4, -0.2) is 11.1 Å². The summed E-state index contributed by atoms with van der Waals surface area (Å²) in [6.45, 7) is 0. The molecule has 2 nitrogen and oxygen atoms in total. The zero-order valence-electron chi connectivity index (χ0n) is 3.64. The van der Waals surface area contributed by atoms with Crippen LogP contribution in [0.5, 0.6) is 0 Å². The van der Waals surface area contributed by atoms with Crippen molar-refractivity contribution in [1.29, 1.82) is 0 Å². The lowest BCUT2D eigenvalue weighted by atomic mass is 10.00. The average molecular weight is 96.1 g/mol. The van der Waals surface area contributed by atoms with E-state index < -0.39 is 5.97 Å². The number of aliphatic carboxylic acids is 1. The second kappa shape index (κ2) is 1.27. The molecule has 0 aromatic rings. The molecule has 7 heavy (non-hydrogen) atoms. The largest absolute Gasteiger partial charge is 0.480 e. The Morgan fingerprint density at radius 1 is 1.86 bits per heavy atom. The number of carboxylic acid groups (broad SMARTS) is 1. The quantitative estimate of drug-likeness (QED) is 0.470. The molecule has 0 heterocycles. The molecule has 0 saturated carbocycles. The predicted molar refractivity (Wildman–Crippen MR) is 23.5 cm³/mol. The highest BCUT2D eigenvalue weighted by molar-refractivity contribution is 5.75. The first-order valence-corrected chi connectivity index (χ1v) is 2.02. The maximum Gasteiger partial charge on any atom is 0.319 e. The minimum absolute atomic E-state index is 0.361. The third-order valence-corrected chi connectivity index (χ3v) is 0.881. The number of carboxylic acids is 1. The summed E-state index contributed by atoms with van der Waals surface area (Å²) in [6, 6.07) is 0. The van der Waals surface area contributed by atoms with Gasteiger partial charge in [-0.2, -0.15) is 0 Å². The van der Waals surface area contributed by atoms with Gasteiger partial charge in [-0.15, -0.1) is 5.92 Å². The summed E-state index contributed by atoms with van der Waals surface area (Å²) in [5.41, 5.74) is 0. The standard InChI is InChI=1S/C5H4O2/c6-5(7)4-2-1-3-4/h4H,2H2,(H,6,7). The second-order valence-electron chi connectivity index (χ2n) is 1.42. The molecule has 1 N–H and O–H groups in total. The van der Waals surface area contributed by atoms with Gasteiger partial charge < -0.3 is 5.11 Å². The molecule has 0 bridgehead atoms. The Kier molecular flexibility index (Phi) is 0.759. The maximum absolute atomic E-state index is 9.88. The van der Waals surface area contributed by atoms with Crippen molar-refractivity contribution < 1.29 is 9.90 Å². The minimum atomic E-state index is -0.793. The molecule has 0 aromatic heterocycles. The highest BCUT2D eigenvalue weighted by Gasteiger charge is 2.16. The molecule has 0 aliphatic heterocycles. The lowest BCUT2D eigenvalue weighted by Gasteiger charge is -2.04. The van der Waals surface area contributed by atoms with Crippen LogP contribution in [-0.2, 0) is 4.79 Å². The van der Waals surface area contributed by atoms with E-state index >= 15 is 0 Å². The molecular formula is C5H4O2. The third kappa shape index (κ3) is 0.566. The van der Waals surface area contributed by atoms with Gasteiger partial charge in [-0.3, -0.25) is 4.79 Å². The third-order valence-electron chi connectivity index (χ3n) is 0.881. The molecule has 0 spiro atoms. The summed E-state index contributed by atoms with van der Waals surface area (Å²) in [7, 11) is 0. The van der Waals surface area contributed by atoms with Gasteiger partial charge in [-0.25, -0.2) is 0 Å². The van der Waals surface area contributed by atoms with Crippen LogP contribution in [0.1, 0.15) is 6.42 Å². The molecule has 1 rings (SSSR count). The maximum atomic E-state index is 9.88. The second-order valence-corrected chi connectivity index (χ2v) is 1.42. The Labute approximate surface area is 41.1 Å². The monoisotopic (exact) mass is 96.0 g/mol. The molecule has 0 radical (unpaired) electrons. The number of hydrogen-bond donors (Lipinski definition) is 1. The molecule has 0 amide bonds. The van der Waals surface area contributed by atoms with E-state index in [2.05, 4.69) is 11.8 Å². The molecular weight excluding hydrogens is 92.1 g/mol. The Bertz CT molecular complexity index is 149. The van der Waals surface area contributed by atoms with E-state index in [1.807, 2.05) is 0 Å². The van der Waals surface area contributed by atoms with Crippen molar-refractivity contribution in [3.8, 4) is 11.8 Å². The summed E-state index contributed by atoms with van der Waals surface area (Å²) in [5.74, 6) is 3.95. The van der Waals surface area contributed by atoms with Crippen LogP contribution in [0, 0.1) is 17.8 Å². The smallest absolute Gasteiger partial charge is 0.319 e. The fraction of sp³-hybridized carbons (Fsp3) is 0.400. The van der Waals surface area contributed by atoms with Crippen molar-refractivity contribution in [3.05, 3.63) is 0 Å². The van der Waals surface area contributed by atoms with Crippen LogP contribution < -0.4 is 0 Å². The molecule has 1 unspecified atom stereocenters. The minimum Gasteiger partial charge on any atom is -0.480 e. The van der Waals surface area contributed by atoms with Crippen LogP contribution in [0.15, 0.2) is 0 Å². The van der Waals surface area contributed by atoms with Crippen LogP contribution in [0.4, 0.5) is 0 Å². The summed E-state index contributed by atoms with van der Waals surface area (Å²) < 4.78 is 0. The molecule has 1 aliphatic carbocycles. The van der Waals surface area contributed by atoms with E-state index in [0.29, 0.717) is 6.42 Å². The molecule has 36 valence electrons. The fourth-order valence-electron chi connectivity index (χ4n) is 0.353. The molecule has 0 saturated heterocycles. The first-order chi connectivity index (χ1) is 3.30. The number of hydrogen-bond acceptors (Lipinski definition) is 1. The number of rotatable bonds is 1. The summed E-state index contributed by atoms with van der Waals surface area (Å²) >= 11 is 0. The van der Waals surface area contributed by atoms with E-state index in [9.17, 15) is 4.79 Å². The molecule has 1 atom stereocenters. The lowest BCUT2D eigenvalue weighted by Crippen LogP contribution is -2.15. The van der Waals surface area contributed by atoms with E-state index in [1.165, 1.54) is 0 Å². The molecule has 2 heteroatoms. The Hall–Kier alpha value is -0.970. The van der Waals surface area contributed by atoms with Gasteiger partial charge in [0.2, 0.25) is 0 Å². The van der Waals surface area contributed by atoms with Gasteiger partial charge in [0, 0.05) is 6.42 Å². The van der Waals surface area contributed by atoms with E-state index in [0.717, 1.165) is 0 Å². The number of carbonyl (C=O) groups is 1. The van der Waals surface area contributed by atoms with Gasteiger partial charge in [0.1, 0.15) is 5.92 Å². The van der Waals surface area contributed by atoms with Gasteiger partial charge in [-0.05, 0) is 0 Å². The van der Waals surface area contributed by atoms with Gasteiger partial charge in [-0.1, -0.05) is 5.92 Å². The highest BCUT2D eigenvalue weighted by Crippen LogP contribution is 2.07. The molecule has 1 aliphatic rings. The van der Waals surface area contributed by atoms with Crippen LogP contribution >= 0.6 is 0 Å². The summed E-state index contributed by atoms with van der Waals surface area (Å²) in [4.78, 5) is 9.88.